The summed E-state index contributed by atoms with van der Waals surface area (Å²) < 4.78 is 5.07. The van der Waals surface area contributed by atoms with Gasteiger partial charge in [-0.25, -0.2) is 0 Å². The zero-order valence-corrected chi connectivity index (χ0v) is 13.8. The number of rotatable bonds is 11. The number of phenols is 1. The molecule has 0 bridgehead atoms. The van der Waals surface area contributed by atoms with Crippen LogP contribution in [-0.4, -0.2) is 18.0 Å². The lowest BCUT2D eigenvalue weighted by Crippen LogP contribution is -1.93. The maximum absolute atomic E-state index is 11.7. The van der Waals surface area contributed by atoms with Crippen LogP contribution in [0.5, 0.6) is 11.5 Å². The summed E-state index contributed by atoms with van der Waals surface area (Å²) in [5.74, 6) is 0.792. The van der Waals surface area contributed by atoms with Crippen molar-refractivity contribution in [3.8, 4) is 11.5 Å². The summed E-state index contributed by atoms with van der Waals surface area (Å²) in [6, 6.07) is 5.23. The third-order valence-corrected chi connectivity index (χ3v) is 3.68. The molecule has 0 aliphatic carbocycles. The normalized spacial score (nSPS) is 11.0. The van der Waals surface area contributed by atoms with Gasteiger partial charge in [-0.15, -0.1) is 0 Å². The van der Waals surface area contributed by atoms with Gasteiger partial charge in [0.05, 0.1) is 7.11 Å². The smallest absolute Gasteiger partial charge is 0.160 e. The van der Waals surface area contributed by atoms with E-state index in [0.29, 0.717) is 18.6 Å². The Labute approximate surface area is 134 Å². The number of aromatic hydroxyl groups is 1. The number of hydrogen-bond acceptors (Lipinski definition) is 3. The van der Waals surface area contributed by atoms with E-state index in [9.17, 15) is 9.90 Å². The number of phenolic OH excluding ortho intramolecular Hbond substituents is 1. The van der Waals surface area contributed by atoms with E-state index in [1.165, 1.54) is 32.8 Å². The van der Waals surface area contributed by atoms with E-state index in [1.807, 2.05) is 12.1 Å². The Hall–Kier alpha value is -1.77. The molecule has 0 aromatic heterocycles. The summed E-state index contributed by atoms with van der Waals surface area (Å²) in [5, 5.41) is 9.53. The highest BCUT2D eigenvalue weighted by molar-refractivity contribution is 5.89. The molecule has 0 atom stereocenters. The Bertz CT molecular complexity index is 478. The molecule has 0 heterocycles. The molecule has 1 aromatic carbocycles. The summed E-state index contributed by atoms with van der Waals surface area (Å²) >= 11 is 0. The Kier molecular flexibility index (Phi) is 9.04. The highest BCUT2D eigenvalue weighted by atomic mass is 16.5. The van der Waals surface area contributed by atoms with Crippen LogP contribution in [0.4, 0.5) is 0 Å². The maximum atomic E-state index is 11.7. The van der Waals surface area contributed by atoms with Crippen molar-refractivity contribution in [1.29, 1.82) is 0 Å². The van der Waals surface area contributed by atoms with E-state index in [1.54, 1.807) is 18.2 Å². The van der Waals surface area contributed by atoms with Crippen molar-refractivity contribution in [2.75, 3.05) is 7.11 Å². The van der Waals surface area contributed by atoms with Crippen molar-refractivity contribution in [3.63, 3.8) is 0 Å². The van der Waals surface area contributed by atoms with Crippen molar-refractivity contribution in [2.45, 2.75) is 58.3 Å². The van der Waals surface area contributed by atoms with Crippen LogP contribution in [0, 0.1) is 0 Å². The Morgan fingerprint density at radius 1 is 1.18 bits per heavy atom. The Balaban J connectivity index is 2.26. The zero-order chi connectivity index (χ0) is 16.2. The van der Waals surface area contributed by atoms with Gasteiger partial charge in [-0.3, -0.25) is 4.79 Å². The molecule has 22 heavy (non-hydrogen) atoms. The van der Waals surface area contributed by atoms with E-state index in [4.69, 9.17) is 4.74 Å². The molecule has 0 amide bonds. The van der Waals surface area contributed by atoms with Crippen LogP contribution in [0.25, 0.3) is 0 Å². The molecule has 0 fully saturated rings. The number of unbranched alkanes of at least 4 members (excludes halogenated alkanes) is 5. The molecule has 3 heteroatoms. The van der Waals surface area contributed by atoms with E-state index >= 15 is 0 Å². The fraction of sp³-hybridized carbons (Fsp3) is 0.526. The summed E-state index contributed by atoms with van der Waals surface area (Å²) in [4.78, 5) is 11.7. The lowest BCUT2D eigenvalue weighted by Gasteiger charge is -2.04. The highest BCUT2D eigenvalue weighted by Crippen LogP contribution is 2.26. The van der Waals surface area contributed by atoms with Gasteiger partial charge >= 0.3 is 0 Å². The highest BCUT2D eigenvalue weighted by Gasteiger charge is 2.02. The first kappa shape index (κ1) is 18.3. The summed E-state index contributed by atoms with van der Waals surface area (Å²) in [7, 11) is 1.53. The van der Waals surface area contributed by atoms with Gasteiger partial charge in [0.25, 0.3) is 0 Å². The molecule has 3 nitrogen and oxygen atoms in total. The van der Waals surface area contributed by atoms with Gasteiger partial charge in [0.1, 0.15) is 0 Å². The second kappa shape index (κ2) is 10.9. The Morgan fingerprint density at radius 2 is 1.91 bits per heavy atom. The molecular weight excluding hydrogens is 276 g/mol. The predicted molar refractivity (Wildman–Crippen MR) is 90.5 cm³/mol. The molecule has 0 aliphatic rings. The molecule has 0 radical (unpaired) electrons. The molecule has 122 valence electrons. The Morgan fingerprint density at radius 3 is 2.64 bits per heavy atom. The third-order valence-electron chi connectivity index (χ3n) is 3.68. The number of ketones is 1. The maximum Gasteiger partial charge on any atom is 0.160 e. The van der Waals surface area contributed by atoms with Crippen LogP contribution in [0.2, 0.25) is 0 Å². The summed E-state index contributed by atoms with van der Waals surface area (Å²) in [6.07, 6.45) is 12.1. The van der Waals surface area contributed by atoms with Gasteiger partial charge in [-0.05, 0) is 36.6 Å². The minimum atomic E-state index is 0.134. The first-order valence-electron chi connectivity index (χ1n) is 8.22. The second-order valence-corrected chi connectivity index (χ2v) is 5.60. The molecule has 1 rings (SSSR count). The molecule has 0 saturated carbocycles. The molecule has 1 aromatic rings. The number of carbonyl (C=O) groups excluding carboxylic acids is 1. The predicted octanol–water partition coefficient (Wildman–Crippen LogP) is 4.82. The number of methoxy groups -OCH3 is 1. The average molecular weight is 304 g/mol. The van der Waals surface area contributed by atoms with Crippen LogP contribution in [0.15, 0.2) is 30.4 Å². The fourth-order valence-electron chi connectivity index (χ4n) is 2.34. The van der Waals surface area contributed by atoms with E-state index < -0.39 is 0 Å². The van der Waals surface area contributed by atoms with Gasteiger partial charge in [-0.1, -0.05) is 51.2 Å². The number of allylic oxidation sites excluding steroid dienone is 2. The van der Waals surface area contributed by atoms with Gasteiger partial charge in [0.15, 0.2) is 17.3 Å². The van der Waals surface area contributed by atoms with Crippen LogP contribution in [-0.2, 0) is 11.2 Å². The van der Waals surface area contributed by atoms with Gasteiger partial charge < -0.3 is 9.84 Å². The molecule has 0 saturated heterocycles. The van der Waals surface area contributed by atoms with Crippen molar-refractivity contribution in [2.24, 2.45) is 0 Å². The summed E-state index contributed by atoms with van der Waals surface area (Å²) in [6.45, 7) is 2.21. The number of benzene rings is 1. The second-order valence-electron chi connectivity index (χ2n) is 5.60. The largest absolute Gasteiger partial charge is 0.504 e. The topological polar surface area (TPSA) is 46.5 Å². The zero-order valence-electron chi connectivity index (χ0n) is 13.8. The molecular formula is C19H28O3. The van der Waals surface area contributed by atoms with E-state index in [2.05, 4.69) is 6.92 Å². The fourth-order valence-corrected chi connectivity index (χ4v) is 2.34. The van der Waals surface area contributed by atoms with Crippen molar-refractivity contribution >= 4 is 5.78 Å². The lowest BCUT2D eigenvalue weighted by molar-refractivity contribution is -0.114. The average Bonchev–Trinajstić information content (AvgIpc) is 2.52. The molecule has 0 aliphatic heterocycles. The monoisotopic (exact) mass is 304 g/mol. The molecule has 0 unspecified atom stereocenters. The van der Waals surface area contributed by atoms with E-state index in [0.717, 1.165) is 18.4 Å². The SMILES string of the molecule is CCCCCCCCC(=O)C=CCc1ccc(O)c(OC)c1. The number of ether oxygens (including phenoxy) is 1. The van der Waals surface area contributed by atoms with Crippen LogP contribution < -0.4 is 4.74 Å². The summed E-state index contributed by atoms with van der Waals surface area (Å²) in [5.41, 5.74) is 1.01. The number of carbonyl (C=O) groups is 1. The van der Waals surface area contributed by atoms with Gasteiger partial charge in [0.2, 0.25) is 0 Å². The molecule has 0 spiro atoms. The minimum absolute atomic E-state index is 0.134. The molecule has 1 N–H and O–H groups in total. The lowest BCUT2D eigenvalue weighted by atomic mass is 10.1. The van der Waals surface area contributed by atoms with Crippen LogP contribution >= 0.6 is 0 Å². The first-order chi connectivity index (χ1) is 10.7. The minimum Gasteiger partial charge on any atom is -0.504 e. The first-order valence-corrected chi connectivity index (χ1v) is 8.22. The van der Waals surface area contributed by atoms with Crippen LogP contribution in [0.3, 0.4) is 0 Å². The van der Waals surface area contributed by atoms with Gasteiger partial charge in [0, 0.05) is 6.42 Å². The van der Waals surface area contributed by atoms with Crippen LogP contribution in [0.1, 0.15) is 57.4 Å². The number of hydrogen-bond donors (Lipinski definition) is 1. The van der Waals surface area contributed by atoms with Crippen molar-refractivity contribution in [3.05, 3.63) is 35.9 Å². The van der Waals surface area contributed by atoms with Gasteiger partial charge in [-0.2, -0.15) is 0 Å². The van der Waals surface area contributed by atoms with Crippen molar-refractivity contribution < 1.29 is 14.6 Å². The standard InChI is InChI=1S/C19H28O3/c1-3-4-5-6-7-8-11-17(20)12-9-10-16-13-14-18(21)19(15-16)22-2/h9,12-15,21H,3-8,10-11H2,1-2H3. The quantitative estimate of drug-likeness (QED) is 0.471. The van der Waals surface area contributed by atoms with E-state index in [-0.39, 0.29) is 11.5 Å². The third kappa shape index (κ3) is 7.30. The van der Waals surface area contributed by atoms with Crippen molar-refractivity contribution in [1.82, 2.24) is 0 Å².